The molecular weight excluding hydrogens is 314 g/mol. The first kappa shape index (κ1) is 20.5. The monoisotopic (exact) mass is 338 g/mol. The van der Waals surface area contributed by atoms with Crippen LogP contribution in [0.1, 0.15) is 31.4 Å². The van der Waals surface area contributed by atoms with E-state index in [1.807, 2.05) is 0 Å². The van der Waals surface area contributed by atoms with Crippen LogP contribution in [0.15, 0.2) is 18.2 Å². The lowest BCUT2D eigenvalue weighted by molar-refractivity contribution is 0.161. The van der Waals surface area contributed by atoms with Crippen molar-refractivity contribution in [1.29, 1.82) is 0 Å². The zero-order chi connectivity index (χ0) is 13.7. The third-order valence-electron chi connectivity index (χ3n) is 3.71. The van der Waals surface area contributed by atoms with Crippen LogP contribution in [0.3, 0.4) is 0 Å². The molecule has 6 heteroatoms. The van der Waals surface area contributed by atoms with Gasteiger partial charge < -0.3 is 10.1 Å². The predicted molar refractivity (Wildman–Crippen MR) is 89.5 cm³/mol. The summed E-state index contributed by atoms with van der Waals surface area (Å²) in [4.78, 5) is 2.43. The Kier molecular flexibility index (Phi) is 9.95. The summed E-state index contributed by atoms with van der Waals surface area (Å²) in [5.41, 5.74) is 0.978. The number of hydrogen-bond acceptors (Lipinski definition) is 3. The van der Waals surface area contributed by atoms with Crippen LogP contribution >= 0.6 is 24.8 Å². The van der Waals surface area contributed by atoms with Crippen molar-refractivity contribution in [3.05, 3.63) is 29.6 Å². The Labute approximate surface area is 139 Å². The molecule has 21 heavy (non-hydrogen) atoms. The van der Waals surface area contributed by atoms with Crippen molar-refractivity contribution >= 4 is 24.8 Å². The molecule has 1 N–H and O–H groups in total. The number of rotatable bonds is 5. The smallest absolute Gasteiger partial charge is 0.123 e. The normalized spacial score (nSPS) is 16.5. The van der Waals surface area contributed by atoms with Gasteiger partial charge in [-0.05, 0) is 24.6 Å². The van der Waals surface area contributed by atoms with Crippen LogP contribution in [0.2, 0.25) is 0 Å². The van der Waals surface area contributed by atoms with E-state index in [1.165, 1.54) is 6.07 Å². The second-order valence-corrected chi connectivity index (χ2v) is 4.98. The van der Waals surface area contributed by atoms with E-state index < -0.39 is 0 Å². The minimum Gasteiger partial charge on any atom is -0.496 e. The third kappa shape index (κ3) is 5.29. The molecule has 1 aromatic carbocycles. The fourth-order valence-electron chi connectivity index (χ4n) is 2.77. The van der Waals surface area contributed by atoms with Gasteiger partial charge in [-0.3, -0.25) is 4.90 Å². The summed E-state index contributed by atoms with van der Waals surface area (Å²) in [6, 6.07) is 5.07. The van der Waals surface area contributed by atoms with E-state index in [2.05, 4.69) is 17.1 Å². The van der Waals surface area contributed by atoms with Crippen LogP contribution in [0.4, 0.5) is 4.39 Å². The Morgan fingerprint density at radius 1 is 1.29 bits per heavy atom. The second kappa shape index (κ2) is 10.2. The van der Waals surface area contributed by atoms with Crippen LogP contribution in [-0.4, -0.2) is 38.2 Å². The molecule has 0 aromatic heterocycles. The molecule has 1 heterocycles. The van der Waals surface area contributed by atoms with Crippen LogP contribution in [-0.2, 0) is 0 Å². The quantitative estimate of drug-likeness (QED) is 0.890. The van der Waals surface area contributed by atoms with Crippen molar-refractivity contribution < 1.29 is 9.13 Å². The summed E-state index contributed by atoms with van der Waals surface area (Å²) in [6.45, 7) is 6.17. The zero-order valence-corrected chi connectivity index (χ0v) is 14.2. The van der Waals surface area contributed by atoms with Gasteiger partial charge in [-0.15, -0.1) is 24.8 Å². The number of ether oxygens (including phenoxy) is 1. The number of methoxy groups -OCH3 is 1. The maximum atomic E-state index is 13.6. The Morgan fingerprint density at radius 3 is 2.52 bits per heavy atom. The number of benzene rings is 1. The predicted octanol–water partition coefficient (Wildman–Crippen LogP) is 3.42. The molecule has 0 spiro atoms. The molecule has 3 nitrogen and oxygen atoms in total. The minimum atomic E-state index is -0.188. The van der Waals surface area contributed by atoms with Crippen LogP contribution in [0, 0.1) is 5.82 Å². The van der Waals surface area contributed by atoms with Gasteiger partial charge in [0.15, 0.2) is 0 Å². The molecular formula is C15H25Cl2FN2O. The third-order valence-corrected chi connectivity index (χ3v) is 3.71. The van der Waals surface area contributed by atoms with Gasteiger partial charge in [0.25, 0.3) is 0 Å². The van der Waals surface area contributed by atoms with Gasteiger partial charge in [-0.25, -0.2) is 4.39 Å². The first-order valence-corrected chi connectivity index (χ1v) is 7.04. The van der Waals surface area contributed by atoms with Crippen molar-refractivity contribution in [1.82, 2.24) is 10.2 Å². The topological polar surface area (TPSA) is 24.5 Å². The minimum absolute atomic E-state index is 0. The number of nitrogens with zero attached hydrogens (tertiary/aromatic N) is 1. The Morgan fingerprint density at radius 2 is 1.95 bits per heavy atom. The van der Waals surface area contributed by atoms with Crippen molar-refractivity contribution in [2.24, 2.45) is 0 Å². The molecule has 1 fully saturated rings. The highest BCUT2D eigenvalue weighted by atomic mass is 35.5. The van der Waals surface area contributed by atoms with Gasteiger partial charge in [-0.1, -0.05) is 13.3 Å². The molecule has 1 aromatic rings. The molecule has 1 aliphatic heterocycles. The highest BCUT2D eigenvalue weighted by molar-refractivity contribution is 5.85. The Bertz CT molecular complexity index is 415. The zero-order valence-electron chi connectivity index (χ0n) is 12.6. The first-order chi connectivity index (χ1) is 9.26. The van der Waals surface area contributed by atoms with Crippen molar-refractivity contribution in [2.45, 2.75) is 25.8 Å². The number of halogens is 3. The summed E-state index contributed by atoms with van der Waals surface area (Å²) in [5, 5.41) is 3.36. The van der Waals surface area contributed by atoms with Gasteiger partial charge >= 0.3 is 0 Å². The van der Waals surface area contributed by atoms with Crippen LogP contribution in [0.5, 0.6) is 5.75 Å². The van der Waals surface area contributed by atoms with Gasteiger partial charge in [-0.2, -0.15) is 0 Å². The second-order valence-electron chi connectivity index (χ2n) is 4.98. The van der Waals surface area contributed by atoms with Gasteiger partial charge in [0.1, 0.15) is 11.6 Å². The molecule has 0 radical (unpaired) electrons. The molecule has 0 amide bonds. The average Bonchev–Trinajstić information content (AvgIpc) is 2.45. The van der Waals surface area contributed by atoms with E-state index in [4.69, 9.17) is 4.74 Å². The van der Waals surface area contributed by atoms with Crippen LogP contribution in [0.25, 0.3) is 0 Å². The highest BCUT2D eigenvalue weighted by Gasteiger charge is 2.24. The maximum Gasteiger partial charge on any atom is 0.123 e. The molecule has 0 bridgehead atoms. The number of hydrogen-bond donors (Lipinski definition) is 1. The molecule has 1 saturated heterocycles. The standard InChI is InChI=1S/C15H23FN2O.2ClH/c1-3-4-14(18-9-7-17-8-10-18)13-11-12(16)5-6-15(13)19-2;;/h5-6,11,14,17H,3-4,7-10H2,1-2H3;2*1H/t14-;;/m0../s1. The Hall–Kier alpha value is -0.550. The van der Waals surface area contributed by atoms with Crippen molar-refractivity contribution in [3.8, 4) is 5.75 Å². The average molecular weight is 339 g/mol. The fraction of sp³-hybridized carbons (Fsp3) is 0.600. The molecule has 1 atom stereocenters. The van der Waals surface area contributed by atoms with Gasteiger partial charge in [0.2, 0.25) is 0 Å². The summed E-state index contributed by atoms with van der Waals surface area (Å²) in [6.07, 6.45) is 2.11. The van der Waals surface area contributed by atoms with Gasteiger partial charge in [0, 0.05) is 37.8 Å². The first-order valence-electron chi connectivity index (χ1n) is 7.04. The molecule has 0 aliphatic carbocycles. The van der Waals surface area contributed by atoms with E-state index in [0.29, 0.717) is 0 Å². The lowest BCUT2D eigenvalue weighted by Crippen LogP contribution is -2.45. The lowest BCUT2D eigenvalue weighted by atomic mass is 9.98. The van der Waals surface area contributed by atoms with E-state index in [0.717, 1.165) is 50.3 Å². The Balaban J connectivity index is 0.00000200. The SMILES string of the molecule is CCC[C@@H](c1cc(F)ccc1OC)N1CCNCC1.Cl.Cl. The summed E-state index contributed by atoms with van der Waals surface area (Å²) < 4.78 is 19.0. The molecule has 0 saturated carbocycles. The summed E-state index contributed by atoms with van der Waals surface area (Å²) >= 11 is 0. The van der Waals surface area contributed by atoms with Crippen molar-refractivity contribution in [3.63, 3.8) is 0 Å². The van der Waals surface area contributed by atoms with Gasteiger partial charge in [0.05, 0.1) is 7.11 Å². The summed E-state index contributed by atoms with van der Waals surface area (Å²) in [7, 11) is 1.65. The van der Waals surface area contributed by atoms with Crippen molar-refractivity contribution in [2.75, 3.05) is 33.3 Å². The molecule has 2 rings (SSSR count). The highest BCUT2D eigenvalue weighted by Crippen LogP contribution is 2.33. The van der Waals surface area contributed by atoms with E-state index in [1.54, 1.807) is 19.2 Å². The van der Waals surface area contributed by atoms with E-state index >= 15 is 0 Å². The fourth-order valence-corrected chi connectivity index (χ4v) is 2.77. The molecule has 1 aliphatic rings. The molecule has 122 valence electrons. The number of piperazine rings is 1. The van der Waals surface area contributed by atoms with E-state index in [9.17, 15) is 4.39 Å². The van der Waals surface area contributed by atoms with Crippen LogP contribution < -0.4 is 10.1 Å². The summed E-state index contributed by atoms with van der Waals surface area (Å²) in [5.74, 6) is 0.602. The molecule has 0 unspecified atom stereocenters. The lowest BCUT2D eigenvalue weighted by Gasteiger charge is -2.35. The van der Waals surface area contributed by atoms with E-state index in [-0.39, 0.29) is 36.7 Å². The maximum absolute atomic E-state index is 13.6. The number of nitrogens with one attached hydrogen (secondary N) is 1. The largest absolute Gasteiger partial charge is 0.496 e.